The molecule has 4 heterocycles. The van der Waals surface area contributed by atoms with Crippen LogP contribution in [-0.2, 0) is 17.3 Å². The van der Waals surface area contributed by atoms with E-state index in [1.807, 2.05) is 0 Å². The predicted molar refractivity (Wildman–Crippen MR) is 145 cm³/mol. The third kappa shape index (κ3) is 4.80. The quantitative estimate of drug-likeness (QED) is 0.369. The minimum Gasteiger partial charge on any atom is -0.444 e. The van der Waals surface area contributed by atoms with Crippen LogP contribution >= 0.6 is 0 Å². The fourth-order valence-corrected chi connectivity index (χ4v) is 6.30. The predicted octanol–water partition coefficient (Wildman–Crippen LogP) is 5.91. The molecule has 2 saturated carbocycles. The number of carbonyl (C=O) groups excluding carboxylic acids is 1. The van der Waals surface area contributed by atoms with Crippen LogP contribution < -0.4 is 5.73 Å². The molecule has 3 fully saturated rings. The molecule has 0 bridgehead atoms. The van der Waals surface area contributed by atoms with E-state index >= 15 is 4.39 Å². The Bertz CT molecular complexity index is 1640. The molecule has 1 aliphatic heterocycles. The van der Waals surface area contributed by atoms with Crippen molar-refractivity contribution < 1.29 is 27.1 Å². The fraction of sp³-hybridized carbons (Fsp3) is 0.552. The number of ether oxygens (including phenoxy) is 1. The number of aryl methyl sites for hydroxylation is 2. The van der Waals surface area contributed by atoms with Crippen LogP contribution in [0.1, 0.15) is 74.6 Å². The molecule has 0 radical (unpaired) electrons. The molecule has 1 amide bonds. The summed E-state index contributed by atoms with van der Waals surface area (Å²) in [5, 5.41) is 14.7. The van der Waals surface area contributed by atoms with E-state index in [0.29, 0.717) is 29.9 Å². The summed E-state index contributed by atoms with van der Waals surface area (Å²) in [6, 6.07) is 2.97. The average molecular weight is 586 g/mol. The number of carbonyl (C=O) groups is 1. The average Bonchev–Trinajstić information content (AvgIpc) is 3.75. The van der Waals surface area contributed by atoms with Crippen molar-refractivity contribution in [1.29, 1.82) is 5.26 Å². The Morgan fingerprint density at radius 3 is 2.43 bits per heavy atom. The number of nitrogen functional groups attached to an aromatic ring is 1. The van der Waals surface area contributed by atoms with Gasteiger partial charge in [0.25, 0.3) is 0 Å². The third-order valence-corrected chi connectivity index (χ3v) is 8.18. The molecule has 1 unspecified atom stereocenters. The molecule has 222 valence electrons. The van der Waals surface area contributed by atoms with Crippen molar-refractivity contribution in [2.45, 2.75) is 77.1 Å². The minimum atomic E-state index is -4.83. The van der Waals surface area contributed by atoms with E-state index in [9.17, 15) is 23.2 Å². The third-order valence-electron chi connectivity index (χ3n) is 8.18. The lowest BCUT2D eigenvalue weighted by Gasteiger charge is -2.25. The first-order valence-electron chi connectivity index (χ1n) is 14.0. The van der Waals surface area contributed by atoms with E-state index in [1.165, 1.54) is 6.92 Å². The summed E-state index contributed by atoms with van der Waals surface area (Å²) in [5.74, 6) is -0.979. The summed E-state index contributed by atoms with van der Waals surface area (Å²) < 4.78 is 66.2. The number of rotatable bonds is 5. The Kier molecular flexibility index (Phi) is 6.40. The molecule has 42 heavy (non-hydrogen) atoms. The topological polar surface area (TPSA) is 123 Å². The molecule has 0 spiro atoms. The number of hydrogen-bond donors (Lipinski definition) is 1. The van der Waals surface area contributed by atoms with Crippen molar-refractivity contribution in [3.8, 4) is 17.3 Å². The number of anilines is 1. The van der Waals surface area contributed by atoms with Crippen molar-refractivity contribution in [1.82, 2.24) is 24.6 Å². The van der Waals surface area contributed by atoms with Gasteiger partial charge in [0.2, 0.25) is 0 Å². The number of aromatic nitrogens is 4. The minimum absolute atomic E-state index is 0.0365. The zero-order chi connectivity index (χ0) is 30.3. The van der Waals surface area contributed by atoms with Gasteiger partial charge in [0.1, 0.15) is 22.6 Å². The molecular weight excluding hydrogens is 554 g/mol. The lowest BCUT2D eigenvalue weighted by Crippen LogP contribution is -2.36. The number of alkyl halides is 3. The van der Waals surface area contributed by atoms with Crippen molar-refractivity contribution >= 4 is 22.8 Å². The maximum atomic E-state index is 16.6. The van der Waals surface area contributed by atoms with Crippen LogP contribution in [0.3, 0.4) is 0 Å². The van der Waals surface area contributed by atoms with Crippen molar-refractivity contribution in [3.63, 3.8) is 0 Å². The highest BCUT2D eigenvalue weighted by Gasteiger charge is 2.59. The van der Waals surface area contributed by atoms with E-state index in [4.69, 9.17) is 15.6 Å². The second kappa shape index (κ2) is 9.54. The number of pyridine rings is 2. The van der Waals surface area contributed by atoms with Gasteiger partial charge in [-0.15, -0.1) is 0 Å². The number of nitrogens with two attached hydrogens (primary N) is 1. The van der Waals surface area contributed by atoms with Crippen molar-refractivity contribution in [3.05, 3.63) is 34.5 Å². The Balaban J connectivity index is 1.48. The molecule has 6 rings (SSSR count). The number of likely N-dealkylation sites (tertiary alicyclic amines) is 1. The van der Waals surface area contributed by atoms with Crippen LogP contribution in [0.2, 0.25) is 0 Å². The van der Waals surface area contributed by atoms with Crippen molar-refractivity contribution in [2.75, 3.05) is 18.8 Å². The van der Waals surface area contributed by atoms with Crippen LogP contribution in [0, 0.1) is 35.9 Å². The van der Waals surface area contributed by atoms with Gasteiger partial charge in [0.15, 0.2) is 5.82 Å². The Hall–Kier alpha value is -3.95. The lowest BCUT2D eigenvalue weighted by atomic mass is 9.98. The van der Waals surface area contributed by atoms with Gasteiger partial charge in [-0.25, -0.2) is 19.2 Å². The summed E-state index contributed by atoms with van der Waals surface area (Å²) >= 11 is 0. The first kappa shape index (κ1) is 28.2. The molecule has 3 aliphatic rings. The second-order valence-corrected chi connectivity index (χ2v) is 12.5. The number of nitrogens with zero attached hydrogens (tertiary/aromatic N) is 6. The van der Waals surface area contributed by atoms with E-state index in [0.717, 1.165) is 18.9 Å². The van der Waals surface area contributed by atoms with Crippen LogP contribution in [-0.4, -0.2) is 49.4 Å². The number of nitriles is 1. The highest BCUT2D eigenvalue weighted by molar-refractivity contribution is 5.90. The highest BCUT2D eigenvalue weighted by atomic mass is 19.4. The van der Waals surface area contributed by atoms with Gasteiger partial charge in [-0.05, 0) is 58.4 Å². The molecule has 3 atom stereocenters. The number of halogens is 4. The van der Waals surface area contributed by atoms with Gasteiger partial charge < -0.3 is 15.4 Å². The second-order valence-electron chi connectivity index (χ2n) is 12.5. The summed E-state index contributed by atoms with van der Waals surface area (Å²) in [7, 11) is 0. The Labute approximate surface area is 239 Å². The largest absolute Gasteiger partial charge is 0.444 e. The monoisotopic (exact) mass is 585 g/mol. The van der Waals surface area contributed by atoms with Crippen LogP contribution in [0.25, 0.3) is 22.2 Å². The summed E-state index contributed by atoms with van der Waals surface area (Å²) in [6.45, 7) is 7.52. The Morgan fingerprint density at radius 2 is 1.86 bits per heavy atom. The van der Waals surface area contributed by atoms with Crippen LogP contribution in [0.15, 0.2) is 6.07 Å². The molecule has 3 aromatic rings. The number of fused-ring (bicyclic) bond motifs is 2. The van der Waals surface area contributed by atoms with Crippen LogP contribution in [0.4, 0.5) is 28.2 Å². The SMILES string of the molecule is Cc1nc(N)cc(-c2nc(CCC#N)c3c(C4[C@H]5CN(C(=O)OC(C)(C)C)C[C@@H]45)nn(C4CC4)c3c2F)c1C(F)(F)F. The molecule has 9 nitrogen and oxygen atoms in total. The fourth-order valence-electron chi connectivity index (χ4n) is 6.30. The summed E-state index contributed by atoms with van der Waals surface area (Å²) in [5.41, 5.74) is 3.78. The van der Waals surface area contributed by atoms with Gasteiger partial charge in [0, 0.05) is 42.8 Å². The molecule has 13 heteroatoms. The summed E-state index contributed by atoms with van der Waals surface area (Å²) in [4.78, 5) is 22.5. The van der Waals surface area contributed by atoms with E-state index in [2.05, 4.69) is 16.0 Å². The van der Waals surface area contributed by atoms with Crippen LogP contribution in [0.5, 0.6) is 0 Å². The standard InChI is InChI=1S/C29H31F4N7O2/c1-13-22(29(31,32)33)15(10-19(35)36-13)24-23(30)26-21(18(37-24)6-5-9-34)25(38-40(26)14-7-8-14)20-16-11-39(12-17(16)20)27(41)42-28(2,3)4/h10,14,16-17,20H,5-8,11-12H2,1-4H3,(H2,35,36)/t16-,17+,20?. The Morgan fingerprint density at radius 1 is 1.19 bits per heavy atom. The number of hydrogen-bond acceptors (Lipinski definition) is 7. The molecule has 0 aromatic carbocycles. The number of amides is 1. The zero-order valence-electron chi connectivity index (χ0n) is 23.7. The van der Waals surface area contributed by atoms with E-state index < -0.39 is 34.4 Å². The molecule has 3 aromatic heterocycles. The van der Waals surface area contributed by atoms with Gasteiger partial charge in [0.05, 0.1) is 34.8 Å². The molecule has 2 N–H and O–H groups in total. The van der Waals surface area contributed by atoms with E-state index in [1.54, 1.807) is 30.4 Å². The van der Waals surface area contributed by atoms with E-state index in [-0.39, 0.29) is 59.8 Å². The normalized spacial score (nSPS) is 21.9. The van der Waals surface area contributed by atoms with Gasteiger partial charge >= 0.3 is 12.3 Å². The molecular formula is C29H31F4N7O2. The first-order valence-corrected chi connectivity index (χ1v) is 14.0. The highest BCUT2D eigenvalue weighted by Crippen LogP contribution is 2.60. The zero-order valence-corrected chi connectivity index (χ0v) is 23.7. The van der Waals surface area contributed by atoms with Gasteiger partial charge in [-0.2, -0.15) is 23.5 Å². The maximum Gasteiger partial charge on any atom is 0.418 e. The molecule has 1 saturated heterocycles. The number of piperidine rings is 1. The summed E-state index contributed by atoms with van der Waals surface area (Å²) in [6.07, 6.45) is -3.55. The van der Waals surface area contributed by atoms with Crippen molar-refractivity contribution in [2.24, 2.45) is 11.8 Å². The smallest absolute Gasteiger partial charge is 0.418 e. The van der Waals surface area contributed by atoms with Gasteiger partial charge in [-0.3, -0.25) is 4.68 Å². The maximum absolute atomic E-state index is 16.6. The molecule has 2 aliphatic carbocycles. The first-order chi connectivity index (χ1) is 19.7. The lowest BCUT2D eigenvalue weighted by molar-refractivity contribution is -0.137. The van der Waals surface area contributed by atoms with Gasteiger partial charge in [-0.1, -0.05) is 0 Å².